The van der Waals surface area contributed by atoms with Gasteiger partial charge in [0, 0.05) is 18.8 Å². The second-order valence-corrected chi connectivity index (χ2v) is 5.84. The van der Waals surface area contributed by atoms with E-state index in [1.807, 2.05) is 38.2 Å². The summed E-state index contributed by atoms with van der Waals surface area (Å²) in [6.07, 6.45) is 4.75. The fourth-order valence-corrected chi connectivity index (χ4v) is 2.62. The van der Waals surface area contributed by atoms with Gasteiger partial charge in [0.05, 0.1) is 24.5 Å². The van der Waals surface area contributed by atoms with Crippen LogP contribution >= 0.6 is 0 Å². The zero-order chi connectivity index (χ0) is 18.5. The molecule has 0 saturated heterocycles. The van der Waals surface area contributed by atoms with Gasteiger partial charge in [-0.1, -0.05) is 11.2 Å². The summed E-state index contributed by atoms with van der Waals surface area (Å²) in [5.74, 6) is 0.243. The molecule has 3 rings (SSSR count). The molecule has 0 amide bonds. The Hall–Kier alpha value is -3.00. The van der Waals surface area contributed by atoms with Gasteiger partial charge in [0.25, 0.3) is 0 Å². The van der Waals surface area contributed by atoms with Crippen molar-refractivity contribution in [3.63, 3.8) is 0 Å². The van der Waals surface area contributed by atoms with Gasteiger partial charge in [0.15, 0.2) is 5.82 Å². The van der Waals surface area contributed by atoms with Crippen molar-refractivity contribution in [2.45, 2.75) is 26.4 Å². The molecule has 8 nitrogen and oxygen atoms in total. The van der Waals surface area contributed by atoms with Crippen molar-refractivity contribution in [2.24, 2.45) is 0 Å². The Morgan fingerprint density at radius 2 is 2.23 bits per heavy atom. The van der Waals surface area contributed by atoms with E-state index in [4.69, 9.17) is 9.26 Å². The number of aromatic nitrogens is 4. The first-order valence-electron chi connectivity index (χ1n) is 8.37. The Bertz CT molecular complexity index is 845. The number of nitrogens with zero attached hydrogens (tertiary/aromatic N) is 5. The normalized spacial score (nSPS) is 12.3. The van der Waals surface area contributed by atoms with Crippen LogP contribution in [0.4, 0.5) is 0 Å². The first kappa shape index (κ1) is 17.8. The van der Waals surface area contributed by atoms with Gasteiger partial charge in [0.2, 0.25) is 0 Å². The number of pyridine rings is 1. The van der Waals surface area contributed by atoms with Crippen LogP contribution in [0.15, 0.2) is 47.4 Å². The van der Waals surface area contributed by atoms with Gasteiger partial charge < -0.3 is 9.26 Å². The molecule has 0 bridgehead atoms. The van der Waals surface area contributed by atoms with Gasteiger partial charge in [-0.3, -0.25) is 4.90 Å². The molecule has 8 heteroatoms. The van der Waals surface area contributed by atoms with Crippen LogP contribution in [0.1, 0.15) is 41.6 Å². The lowest BCUT2D eigenvalue weighted by molar-refractivity contribution is 0.0523. The van der Waals surface area contributed by atoms with E-state index in [0.29, 0.717) is 30.2 Å². The fourth-order valence-electron chi connectivity index (χ4n) is 2.62. The summed E-state index contributed by atoms with van der Waals surface area (Å²) in [5, 5.41) is 8.35. The lowest BCUT2D eigenvalue weighted by Crippen LogP contribution is -2.25. The molecule has 0 spiro atoms. The summed E-state index contributed by atoms with van der Waals surface area (Å²) in [6.45, 7) is 4.56. The Labute approximate surface area is 151 Å². The quantitative estimate of drug-likeness (QED) is 0.602. The molecule has 136 valence electrons. The highest BCUT2D eigenvalue weighted by Crippen LogP contribution is 2.22. The third kappa shape index (κ3) is 3.65. The molecular weight excluding hydrogens is 334 g/mol. The standard InChI is InChI=1S/C18H21N5O3/c1-4-25-18(24)14-11-20-23(17-7-5-6-9-19-17)16(14)12-22(3)13(2)15-8-10-26-21-15/h5-11,13H,4,12H2,1-3H3. The molecule has 1 atom stereocenters. The van der Waals surface area contributed by atoms with Crippen LogP contribution in [0.3, 0.4) is 0 Å². The molecule has 3 aromatic rings. The van der Waals surface area contributed by atoms with Crippen molar-refractivity contribution in [3.05, 3.63) is 59.9 Å². The molecule has 26 heavy (non-hydrogen) atoms. The van der Waals surface area contributed by atoms with E-state index in [2.05, 4.69) is 20.1 Å². The highest BCUT2D eigenvalue weighted by atomic mass is 16.5. The molecule has 3 heterocycles. The number of ether oxygens (including phenoxy) is 1. The number of carbonyl (C=O) groups excluding carboxylic acids is 1. The highest BCUT2D eigenvalue weighted by Gasteiger charge is 2.23. The van der Waals surface area contributed by atoms with E-state index in [9.17, 15) is 4.79 Å². The van der Waals surface area contributed by atoms with E-state index in [1.54, 1.807) is 24.1 Å². The van der Waals surface area contributed by atoms with E-state index in [1.165, 1.54) is 6.20 Å². The van der Waals surface area contributed by atoms with Gasteiger partial charge in [-0.25, -0.2) is 14.5 Å². The van der Waals surface area contributed by atoms with Crippen molar-refractivity contribution in [2.75, 3.05) is 13.7 Å². The smallest absolute Gasteiger partial charge is 0.341 e. The number of hydrogen-bond acceptors (Lipinski definition) is 7. The molecule has 3 aromatic heterocycles. The summed E-state index contributed by atoms with van der Waals surface area (Å²) in [5.41, 5.74) is 1.95. The van der Waals surface area contributed by atoms with Crippen molar-refractivity contribution >= 4 is 5.97 Å². The van der Waals surface area contributed by atoms with Crippen molar-refractivity contribution < 1.29 is 14.1 Å². The third-order valence-electron chi connectivity index (χ3n) is 4.18. The predicted octanol–water partition coefficient (Wildman–Crippen LogP) is 2.63. The Kier molecular flexibility index (Phi) is 5.43. The van der Waals surface area contributed by atoms with Gasteiger partial charge in [0.1, 0.15) is 17.5 Å². The minimum atomic E-state index is -0.396. The largest absolute Gasteiger partial charge is 0.462 e. The topological polar surface area (TPSA) is 86.3 Å². The molecule has 0 aliphatic carbocycles. The van der Waals surface area contributed by atoms with Crippen LogP contribution < -0.4 is 0 Å². The summed E-state index contributed by atoms with van der Waals surface area (Å²) >= 11 is 0. The number of esters is 1. The zero-order valence-corrected chi connectivity index (χ0v) is 15.0. The van der Waals surface area contributed by atoms with Gasteiger partial charge in [-0.15, -0.1) is 0 Å². The Morgan fingerprint density at radius 3 is 2.88 bits per heavy atom. The molecular formula is C18H21N5O3. The number of hydrogen-bond donors (Lipinski definition) is 0. The van der Waals surface area contributed by atoms with Crippen LogP contribution in [0.2, 0.25) is 0 Å². The van der Waals surface area contributed by atoms with Crippen LogP contribution in [0, 0.1) is 0 Å². The molecule has 0 fully saturated rings. The molecule has 0 radical (unpaired) electrons. The van der Waals surface area contributed by atoms with Gasteiger partial charge in [-0.2, -0.15) is 5.10 Å². The average Bonchev–Trinajstić information content (AvgIpc) is 3.32. The maximum absolute atomic E-state index is 12.3. The van der Waals surface area contributed by atoms with Crippen molar-refractivity contribution in [3.8, 4) is 5.82 Å². The number of rotatable bonds is 7. The van der Waals surface area contributed by atoms with E-state index in [-0.39, 0.29) is 6.04 Å². The number of carbonyl (C=O) groups is 1. The van der Waals surface area contributed by atoms with Crippen LogP contribution in [0.25, 0.3) is 5.82 Å². The maximum atomic E-state index is 12.3. The highest BCUT2D eigenvalue weighted by molar-refractivity contribution is 5.90. The maximum Gasteiger partial charge on any atom is 0.341 e. The van der Waals surface area contributed by atoms with E-state index in [0.717, 1.165) is 5.69 Å². The predicted molar refractivity (Wildman–Crippen MR) is 93.7 cm³/mol. The van der Waals surface area contributed by atoms with E-state index >= 15 is 0 Å². The summed E-state index contributed by atoms with van der Waals surface area (Å²) in [4.78, 5) is 18.7. The first-order chi connectivity index (χ1) is 12.6. The molecule has 0 aromatic carbocycles. The molecule has 0 saturated carbocycles. The van der Waals surface area contributed by atoms with Crippen LogP contribution in [-0.4, -0.2) is 44.4 Å². The molecule has 1 unspecified atom stereocenters. The van der Waals surface area contributed by atoms with E-state index < -0.39 is 5.97 Å². The third-order valence-corrected chi connectivity index (χ3v) is 4.18. The van der Waals surface area contributed by atoms with Crippen molar-refractivity contribution in [1.29, 1.82) is 0 Å². The summed E-state index contributed by atoms with van der Waals surface area (Å²) in [7, 11) is 1.95. The molecule has 0 aliphatic heterocycles. The first-order valence-corrected chi connectivity index (χ1v) is 8.37. The van der Waals surface area contributed by atoms with Crippen molar-refractivity contribution in [1.82, 2.24) is 24.8 Å². The SMILES string of the molecule is CCOC(=O)c1cnn(-c2ccccn2)c1CN(C)C(C)c1ccon1. The minimum absolute atomic E-state index is 0.00382. The second kappa shape index (κ2) is 7.92. The monoisotopic (exact) mass is 355 g/mol. The fraction of sp³-hybridized carbons (Fsp3) is 0.333. The van der Waals surface area contributed by atoms with Gasteiger partial charge in [-0.05, 0) is 33.0 Å². The van der Waals surface area contributed by atoms with Crippen LogP contribution in [0.5, 0.6) is 0 Å². The Morgan fingerprint density at radius 1 is 1.38 bits per heavy atom. The molecule has 0 N–H and O–H groups in total. The average molecular weight is 355 g/mol. The minimum Gasteiger partial charge on any atom is -0.462 e. The lowest BCUT2D eigenvalue weighted by Gasteiger charge is -2.23. The zero-order valence-electron chi connectivity index (χ0n) is 15.0. The van der Waals surface area contributed by atoms with Crippen LogP contribution in [-0.2, 0) is 11.3 Å². The lowest BCUT2D eigenvalue weighted by atomic mass is 10.2. The van der Waals surface area contributed by atoms with Gasteiger partial charge >= 0.3 is 5.97 Å². The second-order valence-electron chi connectivity index (χ2n) is 5.84. The molecule has 0 aliphatic rings. The summed E-state index contributed by atoms with van der Waals surface area (Å²) < 4.78 is 11.8. The summed E-state index contributed by atoms with van der Waals surface area (Å²) in [6, 6.07) is 7.36. The Balaban J connectivity index is 1.94.